The van der Waals surface area contributed by atoms with E-state index in [1.54, 1.807) is 56.3 Å². The Balaban J connectivity index is 1.96. The minimum atomic E-state index is -0.590. The SMILES string of the molecule is Cc1nc(N)c(C#N)c(N[C@@H](C)c2nc3cccc(Cl)c3c(=O)n2-c2cccc(C#N)c2)n1. The van der Waals surface area contributed by atoms with Crippen LogP contribution in [0.5, 0.6) is 0 Å². The molecule has 9 nitrogen and oxygen atoms in total. The van der Waals surface area contributed by atoms with Crippen molar-refractivity contribution >= 4 is 34.1 Å². The zero-order valence-electron chi connectivity index (χ0n) is 17.7. The van der Waals surface area contributed by atoms with Crippen LogP contribution in [0.1, 0.15) is 35.7 Å². The average Bonchev–Trinajstić information content (AvgIpc) is 2.78. The molecule has 0 aliphatic rings. The topological polar surface area (TPSA) is 146 Å². The zero-order chi connectivity index (χ0) is 23.7. The molecule has 0 saturated carbocycles. The van der Waals surface area contributed by atoms with E-state index in [9.17, 15) is 15.3 Å². The van der Waals surface area contributed by atoms with Crippen molar-refractivity contribution in [3.05, 3.63) is 80.6 Å². The summed E-state index contributed by atoms with van der Waals surface area (Å²) in [4.78, 5) is 26.6. The molecule has 0 aliphatic heterocycles. The first kappa shape index (κ1) is 21.8. The molecule has 3 N–H and O–H groups in total. The fourth-order valence-electron chi connectivity index (χ4n) is 3.54. The van der Waals surface area contributed by atoms with Crippen molar-refractivity contribution in [2.45, 2.75) is 19.9 Å². The van der Waals surface area contributed by atoms with E-state index >= 15 is 0 Å². The normalized spacial score (nSPS) is 11.5. The molecule has 0 bridgehead atoms. The first-order valence-electron chi connectivity index (χ1n) is 9.86. The maximum atomic E-state index is 13.6. The van der Waals surface area contributed by atoms with Crippen LogP contribution in [0.3, 0.4) is 0 Å². The third kappa shape index (κ3) is 3.93. The Kier molecular flexibility index (Phi) is 5.65. The summed E-state index contributed by atoms with van der Waals surface area (Å²) in [6.45, 7) is 3.44. The van der Waals surface area contributed by atoms with Crippen molar-refractivity contribution in [3.8, 4) is 17.8 Å². The smallest absolute Gasteiger partial charge is 0.267 e. The number of nitrogens with zero attached hydrogens (tertiary/aromatic N) is 6. The van der Waals surface area contributed by atoms with Crippen molar-refractivity contribution < 1.29 is 0 Å². The molecule has 4 aromatic rings. The number of fused-ring (bicyclic) bond motifs is 1. The molecule has 0 amide bonds. The zero-order valence-corrected chi connectivity index (χ0v) is 18.4. The van der Waals surface area contributed by atoms with Crippen LogP contribution in [-0.4, -0.2) is 19.5 Å². The van der Waals surface area contributed by atoms with E-state index in [1.807, 2.05) is 6.07 Å². The number of nitrogens with one attached hydrogen (secondary N) is 1. The number of anilines is 2. The number of nitriles is 2. The number of hydrogen-bond donors (Lipinski definition) is 2. The molecule has 2 aromatic heterocycles. The first-order chi connectivity index (χ1) is 15.8. The number of nitrogens with two attached hydrogens (primary N) is 1. The lowest BCUT2D eigenvalue weighted by atomic mass is 10.1. The van der Waals surface area contributed by atoms with Crippen LogP contribution < -0.4 is 16.6 Å². The van der Waals surface area contributed by atoms with E-state index in [-0.39, 0.29) is 33.2 Å². The largest absolute Gasteiger partial charge is 0.382 e. The van der Waals surface area contributed by atoms with Crippen molar-refractivity contribution in [1.82, 2.24) is 19.5 Å². The third-order valence-electron chi connectivity index (χ3n) is 5.01. The molecule has 162 valence electrons. The van der Waals surface area contributed by atoms with Crippen LogP contribution in [0.2, 0.25) is 5.02 Å². The molecule has 1 atom stereocenters. The van der Waals surface area contributed by atoms with Gasteiger partial charge in [0.15, 0.2) is 5.82 Å². The molecule has 0 fully saturated rings. The van der Waals surface area contributed by atoms with Gasteiger partial charge < -0.3 is 11.1 Å². The molecule has 4 rings (SSSR count). The van der Waals surface area contributed by atoms with Crippen molar-refractivity contribution in [3.63, 3.8) is 0 Å². The first-order valence-corrected chi connectivity index (χ1v) is 10.2. The number of hydrogen-bond acceptors (Lipinski definition) is 8. The molecule has 0 unspecified atom stereocenters. The number of rotatable bonds is 4. The van der Waals surface area contributed by atoms with Gasteiger partial charge >= 0.3 is 0 Å². The summed E-state index contributed by atoms with van der Waals surface area (Å²) in [5.74, 6) is 1.01. The Morgan fingerprint density at radius 2 is 1.88 bits per heavy atom. The van der Waals surface area contributed by atoms with Crippen molar-refractivity contribution in [2.24, 2.45) is 0 Å². The summed E-state index contributed by atoms with van der Waals surface area (Å²) in [7, 11) is 0. The highest BCUT2D eigenvalue weighted by Gasteiger charge is 2.21. The highest BCUT2D eigenvalue weighted by molar-refractivity contribution is 6.35. The quantitative estimate of drug-likeness (QED) is 0.473. The van der Waals surface area contributed by atoms with Crippen LogP contribution in [0.25, 0.3) is 16.6 Å². The maximum Gasteiger partial charge on any atom is 0.267 e. The lowest BCUT2D eigenvalue weighted by Gasteiger charge is -2.21. The van der Waals surface area contributed by atoms with Gasteiger partial charge in [0.05, 0.1) is 39.3 Å². The Morgan fingerprint density at radius 3 is 2.61 bits per heavy atom. The third-order valence-corrected chi connectivity index (χ3v) is 5.32. The standard InChI is InChI=1S/C23H17ClN8O/c1-12(28-21-16(11-26)20(27)29-13(2)30-21)22-31-18-8-4-7-17(24)19(18)23(33)32(22)15-6-3-5-14(9-15)10-25/h3-9,12H,1-2H3,(H3,27,28,29,30)/t12-/m0/s1. The highest BCUT2D eigenvalue weighted by Crippen LogP contribution is 2.26. The van der Waals surface area contributed by atoms with Gasteiger partial charge in [0, 0.05) is 0 Å². The number of halogens is 1. The predicted octanol–water partition coefficient (Wildman–Crippen LogP) is 3.64. The van der Waals surface area contributed by atoms with Gasteiger partial charge in [-0.2, -0.15) is 10.5 Å². The van der Waals surface area contributed by atoms with Crippen LogP contribution in [0.15, 0.2) is 47.3 Å². The summed E-state index contributed by atoms with van der Waals surface area (Å²) in [5.41, 5.74) is 6.85. The van der Waals surface area contributed by atoms with Gasteiger partial charge in [0.1, 0.15) is 29.1 Å². The van der Waals surface area contributed by atoms with Gasteiger partial charge in [-0.15, -0.1) is 0 Å². The molecule has 33 heavy (non-hydrogen) atoms. The number of benzene rings is 2. The second-order valence-electron chi connectivity index (χ2n) is 7.26. The summed E-state index contributed by atoms with van der Waals surface area (Å²) in [6.07, 6.45) is 0. The van der Waals surface area contributed by atoms with E-state index in [0.717, 1.165) is 0 Å². The number of aryl methyl sites for hydroxylation is 1. The number of nitrogen functional groups attached to an aromatic ring is 1. The lowest BCUT2D eigenvalue weighted by Crippen LogP contribution is -2.28. The second-order valence-corrected chi connectivity index (χ2v) is 7.67. The van der Waals surface area contributed by atoms with E-state index in [2.05, 4.69) is 21.4 Å². The predicted molar refractivity (Wildman–Crippen MR) is 125 cm³/mol. The Morgan fingerprint density at radius 1 is 1.12 bits per heavy atom. The molecule has 0 radical (unpaired) electrons. The molecular formula is C23H17ClN8O. The number of aromatic nitrogens is 4. The maximum absolute atomic E-state index is 13.6. The Bertz CT molecular complexity index is 1550. The minimum absolute atomic E-state index is 0.0528. The molecular weight excluding hydrogens is 440 g/mol. The second kappa shape index (κ2) is 8.58. The molecule has 10 heteroatoms. The summed E-state index contributed by atoms with van der Waals surface area (Å²) >= 11 is 6.33. The van der Waals surface area contributed by atoms with Gasteiger partial charge in [0.25, 0.3) is 5.56 Å². The van der Waals surface area contributed by atoms with Gasteiger partial charge in [0.2, 0.25) is 0 Å². The van der Waals surface area contributed by atoms with Crippen LogP contribution >= 0.6 is 11.6 Å². The average molecular weight is 457 g/mol. The Labute approximate surface area is 193 Å². The van der Waals surface area contributed by atoms with Gasteiger partial charge in [-0.3, -0.25) is 9.36 Å². The van der Waals surface area contributed by atoms with Crippen molar-refractivity contribution in [1.29, 1.82) is 10.5 Å². The molecule has 0 saturated heterocycles. The minimum Gasteiger partial charge on any atom is -0.382 e. The molecule has 0 aliphatic carbocycles. The summed E-state index contributed by atoms with van der Waals surface area (Å²) < 4.78 is 1.40. The molecule has 0 spiro atoms. The van der Waals surface area contributed by atoms with Gasteiger partial charge in [-0.1, -0.05) is 23.7 Å². The monoisotopic (exact) mass is 456 g/mol. The van der Waals surface area contributed by atoms with Gasteiger partial charge in [-0.25, -0.2) is 15.0 Å². The van der Waals surface area contributed by atoms with Crippen LogP contribution in [0, 0.1) is 29.6 Å². The molecule has 2 aromatic carbocycles. The van der Waals surface area contributed by atoms with Crippen LogP contribution in [-0.2, 0) is 0 Å². The van der Waals surface area contributed by atoms with E-state index in [0.29, 0.717) is 28.4 Å². The van der Waals surface area contributed by atoms with Crippen molar-refractivity contribution in [2.75, 3.05) is 11.1 Å². The van der Waals surface area contributed by atoms with Gasteiger partial charge in [-0.05, 0) is 44.2 Å². The lowest BCUT2D eigenvalue weighted by molar-refractivity contribution is 0.729. The van der Waals surface area contributed by atoms with E-state index in [1.165, 1.54) is 4.57 Å². The van der Waals surface area contributed by atoms with E-state index in [4.69, 9.17) is 22.3 Å². The highest BCUT2D eigenvalue weighted by atomic mass is 35.5. The fraction of sp³-hybridized carbons (Fsp3) is 0.130. The van der Waals surface area contributed by atoms with E-state index < -0.39 is 6.04 Å². The Hall–Kier alpha value is -4.47. The van der Waals surface area contributed by atoms with Crippen LogP contribution in [0.4, 0.5) is 11.6 Å². The molecule has 2 heterocycles. The summed E-state index contributed by atoms with van der Waals surface area (Å²) in [5, 5.41) is 22.5. The fourth-order valence-corrected chi connectivity index (χ4v) is 3.79. The summed E-state index contributed by atoms with van der Waals surface area (Å²) in [6, 6.07) is 15.1.